The highest BCUT2D eigenvalue weighted by molar-refractivity contribution is 6.00. The van der Waals surface area contributed by atoms with Gasteiger partial charge in [-0.3, -0.25) is 14.6 Å². The first kappa shape index (κ1) is 29.6. The topological polar surface area (TPSA) is 136 Å². The highest BCUT2D eigenvalue weighted by atomic mass is 19.1. The molecule has 0 bridgehead atoms. The second-order valence-electron chi connectivity index (χ2n) is 9.80. The van der Waals surface area contributed by atoms with Gasteiger partial charge in [0.2, 0.25) is 5.91 Å². The van der Waals surface area contributed by atoms with Crippen molar-refractivity contribution < 1.29 is 23.8 Å². The van der Waals surface area contributed by atoms with E-state index in [9.17, 15) is 19.1 Å². The number of ether oxygens (including phenoxy) is 1. The molecule has 0 aliphatic carbocycles. The molecule has 0 aliphatic heterocycles. The van der Waals surface area contributed by atoms with Gasteiger partial charge in [0, 0.05) is 35.5 Å². The Balaban J connectivity index is 1.69. The molecular weight excluding hydrogens is 527 g/mol. The summed E-state index contributed by atoms with van der Waals surface area (Å²) in [5.74, 6) is -0.682. The minimum absolute atomic E-state index is 0.127. The Kier molecular flexibility index (Phi) is 9.28. The van der Waals surface area contributed by atoms with E-state index in [1.807, 2.05) is 19.9 Å². The summed E-state index contributed by atoms with van der Waals surface area (Å²) in [6.45, 7) is 5.39. The number of fused-ring (bicyclic) bond motifs is 1. The number of hydrogen-bond donors (Lipinski definition) is 2. The van der Waals surface area contributed by atoms with Gasteiger partial charge in [-0.2, -0.15) is 9.61 Å². The molecule has 3 aromatic heterocycles. The van der Waals surface area contributed by atoms with Gasteiger partial charge < -0.3 is 20.5 Å². The maximum atomic E-state index is 14.2. The summed E-state index contributed by atoms with van der Waals surface area (Å²) in [6.07, 6.45) is 5.67. The molecule has 216 valence electrons. The Morgan fingerprint density at radius 1 is 1.17 bits per heavy atom. The van der Waals surface area contributed by atoms with Gasteiger partial charge in [-0.15, -0.1) is 0 Å². The number of rotatable bonds is 12. The lowest BCUT2D eigenvalue weighted by Crippen LogP contribution is -2.42. The molecule has 0 saturated carbocycles. The highest BCUT2D eigenvalue weighted by Gasteiger charge is 2.24. The molecule has 1 aromatic carbocycles. The van der Waals surface area contributed by atoms with Crippen LogP contribution in [-0.2, 0) is 11.2 Å². The normalized spacial score (nSPS) is 12.0. The van der Waals surface area contributed by atoms with Crippen molar-refractivity contribution in [3.8, 4) is 28.1 Å². The first-order chi connectivity index (χ1) is 19.7. The lowest BCUT2D eigenvalue weighted by Gasteiger charge is -2.30. The number of nitrogens with zero attached hydrogens (tertiary/aromatic N) is 5. The summed E-state index contributed by atoms with van der Waals surface area (Å²) in [6, 6.07) is 8.15. The van der Waals surface area contributed by atoms with Crippen molar-refractivity contribution in [1.29, 1.82) is 0 Å². The molecule has 11 heteroatoms. The summed E-state index contributed by atoms with van der Waals surface area (Å²) in [5, 5.41) is 13.9. The fourth-order valence-electron chi connectivity index (χ4n) is 5.11. The smallest absolute Gasteiger partial charge is 0.248 e. The second kappa shape index (κ2) is 12.9. The van der Waals surface area contributed by atoms with Crippen LogP contribution >= 0.6 is 0 Å². The summed E-state index contributed by atoms with van der Waals surface area (Å²) in [4.78, 5) is 36.1. The number of amides is 1. The van der Waals surface area contributed by atoms with E-state index in [4.69, 9.17) is 15.5 Å². The Hall–Kier alpha value is -4.38. The summed E-state index contributed by atoms with van der Waals surface area (Å²) < 4.78 is 20.6. The molecule has 4 rings (SSSR count). The van der Waals surface area contributed by atoms with Crippen LogP contribution in [0.5, 0.6) is 5.75 Å². The number of aryl methyl sites for hydroxylation is 1. The number of Topliss-reactive ketones (excluding diaryl/α,β-unsaturated/α-hetero) is 1. The third-order valence-corrected chi connectivity index (χ3v) is 7.18. The fourth-order valence-corrected chi connectivity index (χ4v) is 5.11. The zero-order valence-electron chi connectivity index (χ0n) is 23.7. The maximum absolute atomic E-state index is 14.2. The van der Waals surface area contributed by atoms with Crippen LogP contribution in [0.15, 0.2) is 42.7 Å². The average molecular weight is 563 g/mol. The molecule has 41 heavy (non-hydrogen) atoms. The van der Waals surface area contributed by atoms with Crippen LogP contribution in [0.25, 0.3) is 28.0 Å². The number of halogens is 1. The Labute approximate surface area is 238 Å². The van der Waals surface area contributed by atoms with E-state index in [2.05, 4.69) is 10.1 Å². The summed E-state index contributed by atoms with van der Waals surface area (Å²) in [7, 11) is 1.41. The molecule has 0 fully saturated rings. The maximum Gasteiger partial charge on any atom is 0.248 e. The molecular formula is C30H35FN6O4. The number of hydrogen-bond acceptors (Lipinski definition) is 8. The average Bonchev–Trinajstić information content (AvgIpc) is 3.40. The minimum Gasteiger partial charge on any atom is -0.494 e. The molecule has 0 spiro atoms. The van der Waals surface area contributed by atoms with Gasteiger partial charge >= 0.3 is 0 Å². The minimum atomic E-state index is -0.550. The Bertz CT molecular complexity index is 1550. The molecule has 0 radical (unpaired) electrons. The monoisotopic (exact) mass is 562 g/mol. The van der Waals surface area contributed by atoms with E-state index in [1.54, 1.807) is 35.5 Å². The van der Waals surface area contributed by atoms with Crippen molar-refractivity contribution in [3.63, 3.8) is 0 Å². The third kappa shape index (κ3) is 6.04. The van der Waals surface area contributed by atoms with Crippen molar-refractivity contribution in [2.24, 2.45) is 0 Å². The van der Waals surface area contributed by atoms with Crippen molar-refractivity contribution in [2.45, 2.75) is 52.5 Å². The van der Waals surface area contributed by atoms with Gasteiger partial charge in [-0.25, -0.2) is 9.37 Å². The van der Waals surface area contributed by atoms with Crippen LogP contribution in [0.3, 0.4) is 0 Å². The number of nitrogens with two attached hydrogens (primary N) is 1. The number of carbonyl (C=O) groups excluding carboxylic acids is 2. The molecule has 3 N–H and O–H groups in total. The standard InChI is InChI=1S/C30H35FN6O4/c1-5-13-36(27(40)17-38)21(6-2)9-11-25-28(18(3)39)29(32)37-30(35-25)22(16-34-37)20-7-10-24(33-15-20)19-8-12-26(41-4)23(31)14-19/h7-8,10,12,14-16,21,38H,5-6,9,11,13,17,32H2,1-4H3/t21-/m1/s1. The van der Waals surface area contributed by atoms with Gasteiger partial charge in [0.1, 0.15) is 12.4 Å². The zero-order valence-corrected chi connectivity index (χ0v) is 23.7. The second-order valence-corrected chi connectivity index (χ2v) is 9.80. The van der Waals surface area contributed by atoms with Gasteiger partial charge in [-0.05, 0) is 56.9 Å². The largest absolute Gasteiger partial charge is 0.494 e. The summed E-state index contributed by atoms with van der Waals surface area (Å²) in [5.41, 5.74) is 10.3. The predicted octanol–water partition coefficient (Wildman–Crippen LogP) is 4.33. The molecule has 1 atom stereocenters. The molecule has 3 heterocycles. The number of ketones is 1. The number of aliphatic hydroxyl groups excluding tert-OH is 1. The van der Waals surface area contributed by atoms with Crippen LogP contribution in [0.2, 0.25) is 0 Å². The van der Waals surface area contributed by atoms with E-state index in [1.165, 1.54) is 24.6 Å². The SMILES string of the molecule is CCCN(C(=O)CO)[C@H](CC)CCc1nc2c(-c3ccc(-c4ccc(OC)c(F)c4)nc3)cnn2c(N)c1C(C)=O. The number of benzene rings is 1. The highest BCUT2D eigenvalue weighted by Crippen LogP contribution is 2.30. The lowest BCUT2D eigenvalue weighted by molar-refractivity contribution is -0.136. The third-order valence-electron chi connectivity index (χ3n) is 7.18. The number of nitrogen functional groups attached to an aromatic ring is 1. The molecule has 4 aromatic rings. The fraction of sp³-hybridized carbons (Fsp3) is 0.367. The number of carbonyl (C=O) groups is 2. The first-order valence-electron chi connectivity index (χ1n) is 13.6. The lowest BCUT2D eigenvalue weighted by atomic mass is 10.0. The Morgan fingerprint density at radius 2 is 1.93 bits per heavy atom. The van der Waals surface area contributed by atoms with Crippen molar-refractivity contribution in [3.05, 3.63) is 59.8 Å². The Morgan fingerprint density at radius 3 is 2.51 bits per heavy atom. The van der Waals surface area contributed by atoms with Gasteiger partial charge in [-0.1, -0.05) is 19.9 Å². The van der Waals surface area contributed by atoms with E-state index in [0.29, 0.717) is 59.5 Å². The molecule has 0 saturated heterocycles. The number of pyridine rings is 1. The van der Waals surface area contributed by atoms with E-state index in [-0.39, 0.29) is 29.3 Å². The molecule has 0 aliphatic rings. The number of aromatic nitrogens is 4. The predicted molar refractivity (Wildman–Crippen MR) is 154 cm³/mol. The van der Waals surface area contributed by atoms with E-state index in [0.717, 1.165) is 12.0 Å². The summed E-state index contributed by atoms with van der Waals surface area (Å²) >= 11 is 0. The van der Waals surface area contributed by atoms with Gasteiger partial charge in [0.05, 0.1) is 30.3 Å². The zero-order chi connectivity index (χ0) is 29.7. The molecule has 10 nitrogen and oxygen atoms in total. The van der Waals surface area contributed by atoms with Crippen molar-refractivity contribution in [1.82, 2.24) is 24.5 Å². The number of methoxy groups -OCH3 is 1. The van der Waals surface area contributed by atoms with Gasteiger partial charge in [0.15, 0.2) is 23.0 Å². The number of aliphatic hydroxyl groups is 1. The molecule has 1 amide bonds. The van der Waals surface area contributed by atoms with Crippen LogP contribution in [0, 0.1) is 5.82 Å². The van der Waals surface area contributed by atoms with E-state index >= 15 is 0 Å². The van der Waals surface area contributed by atoms with Crippen LogP contribution in [0.4, 0.5) is 10.2 Å². The van der Waals surface area contributed by atoms with Crippen LogP contribution < -0.4 is 10.5 Å². The quantitative estimate of drug-likeness (QED) is 0.244. The number of anilines is 1. The van der Waals surface area contributed by atoms with Crippen LogP contribution in [0.1, 0.15) is 56.1 Å². The van der Waals surface area contributed by atoms with Gasteiger partial charge in [0.25, 0.3) is 0 Å². The van der Waals surface area contributed by atoms with Crippen molar-refractivity contribution >= 4 is 23.2 Å². The van der Waals surface area contributed by atoms with Crippen molar-refractivity contribution in [2.75, 3.05) is 26.0 Å². The van der Waals surface area contributed by atoms with E-state index < -0.39 is 12.4 Å². The first-order valence-corrected chi connectivity index (χ1v) is 13.6. The molecule has 0 unspecified atom stereocenters. The van der Waals surface area contributed by atoms with Crippen LogP contribution in [-0.4, -0.2) is 67.6 Å².